The smallest absolute Gasteiger partial charge is 0.0717 e. The Balaban J connectivity index is 1.17. The van der Waals surface area contributed by atoms with Crippen LogP contribution in [0.25, 0.3) is 88.6 Å². The molecule has 0 bridgehead atoms. The number of aromatic nitrogens is 2. The van der Waals surface area contributed by atoms with Crippen molar-refractivity contribution in [3.63, 3.8) is 0 Å². The first-order valence-corrected chi connectivity index (χ1v) is 19.6. The van der Waals surface area contributed by atoms with Gasteiger partial charge in [0, 0.05) is 34.4 Å². The first-order valence-electron chi connectivity index (χ1n) is 19.6. The largest absolute Gasteiger partial charge is 0.256 e. The number of hydrogen-bond donors (Lipinski definition) is 0. The van der Waals surface area contributed by atoms with Crippen LogP contribution >= 0.6 is 0 Å². The quantitative estimate of drug-likeness (QED) is 0.170. The summed E-state index contributed by atoms with van der Waals surface area (Å²) in [5, 5.41) is 4.98. The average molecular weight is 717 g/mol. The van der Waals surface area contributed by atoms with Gasteiger partial charge >= 0.3 is 0 Å². The molecule has 2 heteroatoms. The van der Waals surface area contributed by atoms with Crippen molar-refractivity contribution in [3.05, 3.63) is 192 Å². The van der Waals surface area contributed by atoms with Crippen LogP contribution in [0.15, 0.2) is 170 Å². The minimum atomic E-state index is -0.104. The molecule has 0 radical (unpaired) electrons. The Morgan fingerprint density at radius 2 is 0.821 bits per heavy atom. The highest BCUT2D eigenvalue weighted by Crippen LogP contribution is 2.53. The molecule has 2 aromatic heterocycles. The predicted octanol–water partition coefficient (Wildman–Crippen LogP) is 14.1. The van der Waals surface area contributed by atoms with Crippen molar-refractivity contribution in [1.29, 1.82) is 0 Å². The van der Waals surface area contributed by atoms with Crippen LogP contribution in [-0.2, 0) is 10.8 Å². The van der Waals surface area contributed by atoms with Crippen molar-refractivity contribution in [3.8, 4) is 67.0 Å². The van der Waals surface area contributed by atoms with Crippen molar-refractivity contribution in [2.75, 3.05) is 0 Å². The van der Waals surface area contributed by atoms with E-state index in [2.05, 4.69) is 172 Å². The molecule has 2 nitrogen and oxygen atoms in total. The van der Waals surface area contributed by atoms with E-state index in [1.807, 2.05) is 30.6 Å². The summed E-state index contributed by atoms with van der Waals surface area (Å²) >= 11 is 0. The predicted molar refractivity (Wildman–Crippen MR) is 234 cm³/mol. The topological polar surface area (TPSA) is 25.8 Å². The highest BCUT2D eigenvalue weighted by molar-refractivity contribution is 6.22. The Labute approximate surface area is 328 Å². The summed E-state index contributed by atoms with van der Waals surface area (Å²) in [4.78, 5) is 9.56. The Bertz CT molecular complexity index is 3060. The highest BCUT2D eigenvalue weighted by Gasteiger charge is 2.37. The molecule has 0 saturated carbocycles. The van der Waals surface area contributed by atoms with E-state index in [9.17, 15) is 0 Å². The molecular weight excluding hydrogens is 677 g/mol. The maximum absolute atomic E-state index is 5.00. The van der Waals surface area contributed by atoms with Gasteiger partial charge in [-0.1, -0.05) is 143 Å². The van der Waals surface area contributed by atoms with Gasteiger partial charge in [0.2, 0.25) is 0 Å². The first-order chi connectivity index (χ1) is 27.3. The second-order valence-corrected chi connectivity index (χ2v) is 16.6. The SMILES string of the molecule is CC1(C)c2ccccc2-c2ccc(-c3c4ccccc4c(-c4ccc5c(c4)C(C)(C)c4ccccc4-5)c4cc(-c5ccc(-c6ccccn6)cn5)ccc34)cc21. The van der Waals surface area contributed by atoms with E-state index in [-0.39, 0.29) is 10.8 Å². The second kappa shape index (κ2) is 11.9. The van der Waals surface area contributed by atoms with E-state index < -0.39 is 0 Å². The molecule has 0 atom stereocenters. The number of rotatable bonds is 4. The van der Waals surface area contributed by atoms with E-state index in [4.69, 9.17) is 4.98 Å². The van der Waals surface area contributed by atoms with Gasteiger partial charge < -0.3 is 0 Å². The monoisotopic (exact) mass is 716 g/mol. The third-order valence-electron chi connectivity index (χ3n) is 12.8. The lowest BCUT2D eigenvalue weighted by molar-refractivity contribution is 0.660. The summed E-state index contributed by atoms with van der Waals surface area (Å²) < 4.78 is 0. The van der Waals surface area contributed by atoms with Gasteiger partial charge in [-0.15, -0.1) is 0 Å². The Morgan fingerprint density at radius 1 is 0.339 bits per heavy atom. The van der Waals surface area contributed by atoms with E-state index in [0.717, 1.165) is 22.5 Å². The van der Waals surface area contributed by atoms with E-state index in [1.54, 1.807) is 0 Å². The van der Waals surface area contributed by atoms with Crippen molar-refractivity contribution in [2.24, 2.45) is 0 Å². The number of nitrogens with zero attached hydrogens (tertiary/aromatic N) is 2. The zero-order valence-electron chi connectivity index (χ0n) is 32.1. The third-order valence-corrected chi connectivity index (χ3v) is 12.8. The van der Waals surface area contributed by atoms with Crippen LogP contribution in [0.2, 0.25) is 0 Å². The average Bonchev–Trinajstić information content (AvgIpc) is 3.61. The number of benzene rings is 7. The van der Waals surface area contributed by atoms with Crippen LogP contribution < -0.4 is 0 Å². The second-order valence-electron chi connectivity index (χ2n) is 16.6. The molecule has 0 saturated heterocycles. The lowest BCUT2D eigenvalue weighted by Gasteiger charge is -2.24. The molecule has 56 heavy (non-hydrogen) atoms. The molecule has 0 fully saturated rings. The molecule has 11 rings (SSSR count). The van der Waals surface area contributed by atoms with Gasteiger partial charge in [-0.05, 0) is 131 Å². The molecule has 2 aliphatic carbocycles. The van der Waals surface area contributed by atoms with Gasteiger partial charge in [-0.3, -0.25) is 9.97 Å². The fourth-order valence-electron chi connectivity index (χ4n) is 9.93. The van der Waals surface area contributed by atoms with Gasteiger partial charge in [0.25, 0.3) is 0 Å². The lowest BCUT2D eigenvalue weighted by Crippen LogP contribution is -2.15. The summed E-state index contributed by atoms with van der Waals surface area (Å²) in [6, 6.07) is 58.4. The number of fused-ring (bicyclic) bond motifs is 8. The van der Waals surface area contributed by atoms with E-state index >= 15 is 0 Å². The van der Waals surface area contributed by atoms with Crippen molar-refractivity contribution in [1.82, 2.24) is 9.97 Å². The summed E-state index contributed by atoms with van der Waals surface area (Å²) in [5.74, 6) is 0. The van der Waals surface area contributed by atoms with Gasteiger partial charge in [-0.25, -0.2) is 0 Å². The molecule has 7 aromatic carbocycles. The van der Waals surface area contributed by atoms with Crippen LogP contribution in [-0.4, -0.2) is 9.97 Å². The molecule has 0 N–H and O–H groups in total. The van der Waals surface area contributed by atoms with Crippen molar-refractivity contribution in [2.45, 2.75) is 38.5 Å². The Kier molecular flexibility index (Phi) is 6.98. The number of hydrogen-bond acceptors (Lipinski definition) is 2. The zero-order valence-corrected chi connectivity index (χ0v) is 32.1. The van der Waals surface area contributed by atoms with Crippen molar-refractivity contribution >= 4 is 21.5 Å². The highest BCUT2D eigenvalue weighted by atomic mass is 14.7. The third kappa shape index (κ3) is 4.69. The van der Waals surface area contributed by atoms with Crippen LogP contribution in [0.3, 0.4) is 0 Å². The van der Waals surface area contributed by atoms with Crippen LogP contribution in [0, 0.1) is 0 Å². The summed E-state index contributed by atoms with van der Waals surface area (Å²) in [6.45, 7) is 9.47. The molecule has 2 aliphatic rings. The fourth-order valence-corrected chi connectivity index (χ4v) is 9.93. The normalized spacial score (nSPS) is 14.4. The lowest BCUT2D eigenvalue weighted by atomic mass is 9.79. The standard InChI is InChI=1S/C54H40N2/c1-53(2)45-17-9-7-13-37(45)39-24-21-34(30-47(39)53)51-41-15-5-6-16-42(41)52(35-22-25-40-38-14-8-10-18-46(38)54(3,4)48(40)31-35)44-29-33(20-26-43(44)51)50-27-23-36(32-56-50)49-19-11-12-28-55-49/h5-32H,1-4H3. The van der Waals surface area contributed by atoms with Gasteiger partial charge in [0.05, 0.1) is 11.4 Å². The minimum absolute atomic E-state index is 0.0947. The van der Waals surface area contributed by atoms with Gasteiger partial charge in [-0.2, -0.15) is 0 Å². The Hall–Kier alpha value is -6.64. The van der Waals surface area contributed by atoms with Crippen LogP contribution in [0.1, 0.15) is 49.9 Å². The molecule has 0 amide bonds. The molecule has 266 valence electrons. The van der Waals surface area contributed by atoms with E-state index in [0.29, 0.717) is 0 Å². The van der Waals surface area contributed by atoms with Crippen LogP contribution in [0.4, 0.5) is 0 Å². The van der Waals surface area contributed by atoms with Gasteiger partial charge in [0.1, 0.15) is 0 Å². The van der Waals surface area contributed by atoms with E-state index in [1.165, 1.54) is 88.3 Å². The zero-order chi connectivity index (χ0) is 37.8. The molecular formula is C54H40N2. The van der Waals surface area contributed by atoms with Crippen LogP contribution in [0.5, 0.6) is 0 Å². The van der Waals surface area contributed by atoms with Crippen molar-refractivity contribution < 1.29 is 0 Å². The maximum Gasteiger partial charge on any atom is 0.0717 e. The van der Waals surface area contributed by atoms with Gasteiger partial charge in [0.15, 0.2) is 0 Å². The molecule has 9 aromatic rings. The maximum atomic E-state index is 5.00. The molecule has 2 heterocycles. The minimum Gasteiger partial charge on any atom is -0.256 e. The first kappa shape index (κ1) is 32.8. The summed E-state index contributed by atoms with van der Waals surface area (Å²) in [5.41, 5.74) is 19.7. The molecule has 0 aliphatic heterocycles. The number of pyridine rings is 2. The Morgan fingerprint density at radius 3 is 1.39 bits per heavy atom. The summed E-state index contributed by atoms with van der Waals surface area (Å²) in [7, 11) is 0. The fraction of sp³-hybridized carbons (Fsp3) is 0.111. The summed E-state index contributed by atoms with van der Waals surface area (Å²) in [6.07, 6.45) is 3.77. The molecule has 0 unspecified atom stereocenters. The molecule has 0 spiro atoms.